The molecule has 2 aromatic carbocycles. The third-order valence-corrected chi connectivity index (χ3v) is 7.45. The Balaban J connectivity index is 1.08. The van der Waals surface area contributed by atoms with E-state index in [1.165, 1.54) is 6.42 Å². The molecule has 3 aliphatic heterocycles. The summed E-state index contributed by atoms with van der Waals surface area (Å²) in [6.07, 6.45) is 3.72. The molecular weight excluding hydrogens is 442 g/mol. The minimum atomic E-state index is 0.550. The van der Waals surface area contributed by atoms with E-state index in [2.05, 4.69) is 32.2 Å². The molecule has 180 valence electrons. The van der Waals surface area contributed by atoms with Gasteiger partial charge in [0, 0.05) is 55.1 Å². The molecule has 8 nitrogen and oxygen atoms in total. The van der Waals surface area contributed by atoms with Crippen molar-refractivity contribution in [3.05, 3.63) is 53.7 Å². The van der Waals surface area contributed by atoms with Crippen LogP contribution in [0.3, 0.4) is 0 Å². The van der Waals surface area contributed by atoms with Crippen LogP contribution in [0, 0.1) is 11.3 Å². The number of likely N-dealkylation sites (tertiary alicyclic amines) is 2. The van der Waals surface area contributed by atoms with E-state index in [1.807, 2.05) is 30.3 Å². The van der Waals surface area contributed by atoms with Crippen LogP contribution < -0.4 is 19.5 Å². The number of ether oxygens (including phenoxy) is 3. The molecule has 4 heterocycles. The Labute approximate surface area is 205 Å². The summed E-state index contributed by atoms with van der Waals surface area (Å²) >= 11 is 0. The van der Waals surface area contributed by atoms with Gasteiger partial charge in [0.1, 0.15) is 25.0 Å². The summed E-state index contributed by atoms with van der Waals surface area (Å²) in [5.41, 5.74) is 3.67. The van der Waals surface area contributed by atoms with Gasteiger partial charge in [-0.2, -0.15) is 5.26 Å². The molecule has 2 saturated heterocycles. The number of anilines is 1. The van der Waals surface area contributed by atoms with E-state index >= 15 is 0 Å². The molecule has 2 fully saturated rings. The number of rotatable bonds is 7. The molecule has 8 heteroatoms. The zero-order chi connectivity index (χ0) is 23.8. The zero-order valence-electron chi connectivity index (χ0n) is 19.9. The van der Waals surface area contributed by atoms with E-state index in [4.69, 9.17) is 14.2 Å². The lowest BCUT2D eigenvalue weighted by Gasteiger charge is -2.34. The van der Waals surface area contributed by atoms with Crippen molar-refractivity contribution < 1.29 is 14.2 Å². The molecule has 0 amide bonds. The van der Waals surface area contributed by atoms with Gasteiger partial charge in [0.05, 0.1) is 24.9 Å². The first kappa shape index (κ1) is 22.0. The lowest BCUT2D eigenvalue weighted by atomic mass is 10.0. The highest BCUT2D eigenvalue weighted by atomic mass is 16.6. The summed E-state index contributed by atoms with van der Waals surface area (Å²) in [6, 6.07) is 15.4. The number of nitrogens with zero attached hydrogens (tertiary/aromatic N) is 4. The zero-order valence-corrected chi connectivity index (χ0v) is 19.9. The number of nitrogens with one attached hydrogen (secondary N) is 1. The highest BCUT2D eigenvalue weighted by Crippen LogP contribution is 2.34. The molecular formula is C27H29N5O3. The molecule has 0 aliphatic carbocycles. The van der Waals surface area contributed by atoms with Gasteiger partial charge >= 0.3 is 0 Å². The number of piperazine rings is 1. The molecule has 0 spiro atoms. The fourth-order valence-electron chi connectivity index (χ4n) is 5.62. The molecule has 0 saturated carbocycles. The molecule has 1 N–H and O–H groups in total. The average molecular weight is 472 g/mol. The van der Waals surface area contributed by atoms with Gasteiger partial charge < -0.3 is 19.5 Å². The first-order valence-corrected chi connectivity index (χ1v) is 12.2. The van der Waals surface area contributed by atoms with Gasteiger partial charge in [-0.1, -0.05) is 0 Å². The fourth-order valence-corrected chi connectivity index (χ4v) is 5.62. The summed E-state index contributed by atoms with van der Waals surface area (Å²) < 4.78 is 16.7. The topological polar surface area (TPSA) is 82.9 Å². The van der Waals surface area contributed by atoms with Gasteiger partial charge in [0.25, 0.3) is 0 Å². The quantitative estimate of drug-likeness (QED) is 0.562. The van der Waals surface area contributed by atoms with Crippen LogP contribution in [-0.4, -0.2) is 73.5 Å². The van der Waals surface area contributed by atoms with Crippen molar-refractivity contribution in [3.63, 3.8) is 0 Å². The van der Waals surface area contributed by atoms with Crippen molar-refractivity contribution in [2.75, 3.05) is 51.9 Å². The van der Waals surface area contributed by atoms with Crippen molar-refractivity contribution in [3.8, 4) is 23.3 Å². The highest BCUT2D eigenvalue weighted by molar-refractivity contribution is 5.85. The number of aromatic nitrogens is 1. The fraction of sp³-hybridized carbons (Fsp3) is 0.407. The van der Waals surface area contributed by atoms with E-state index in [0.717, 1.165) is 72.1 Å². The van der Waals surface area contributed by atoms with Crippen LogP contribution in [0.15, 0.2) is 42.6 Å². The van der Waals surface area contributed by atoms with E-state index < -0.39 is 0 Å². The van der Waals surface area contributed by atoms with Gasteiger partial charge in [-0.15, -0.1) is 0 Å². The van der Waals surface area contributed by atoms with Gasteiger partial charge in [-0.3, -0.25) is 14.8 Å². The number of hydrogen-bond donors (Lipinski definition) is 1. The van der Waals surface area contributed by atoms with Crippen molar-refractivity contribution >= 4 is 16.6 Å². The standard InChI is InChI=1S/C27H29N5O3/c1-33-22-3-4-25-24(12-22)23(18(13-28)14-29-25)6-7-31-15-21-11-20(31)16-32(21)17-30-19-2-5-26-27(10-19)35-9-8-34-26/h2-5,10,12,14,20-21,30H,6-9,11,15-17H2,1H3/t20-,21-/m0/s1. The first-order chi connectivity index (χ1) is 17.2. The molecule has 0 radical (unpaired) electrons. The van der Waals surface area contributed by atoms with Crippen LogP contribution in [0.1, 0.15) is 17.5 Å². The normalized spacial score (nSPS) is 21.3. The van der Waals surface area contributed by atoms with Crippen molar-refractivity contribution in [2.24, 2.45) is 0 Å². The van der Waals surface area contributed by atoms with Gasteiger partial charge in [0.2, 0.25) is 0 Å². The summed E-state index contributed by atoms with van der Waals surface area (Å²) in [5, 5.41) is 14.3. The number of hydrogen-bond acceptors (Lipinski definition) is 8. The van der Waals surface area contributed by atoms with Crippen LogP contribution >= 0.6 is 0 Å². The van der Waals surface area contributed by atoms with Gasteiger partial charge in [0.15, 0.2) is 11.5 Å². The Morgan fingerprint density at radius 3 is 2.71 bits per heavy atom. The second-order valence-electron chi connectivity index (χ2n) is 9.40. The Kier molecular flexibility index (Phi) is 5.80. The van der Waals surface area contributed by atoms with E-state index in [-0.39, 0.29) is 0 Å². The maximum Gasteiger partial charge on any atom is 0.163 e. The molecule has 0 unspecified atom stereocenters. The van der Waals surface area contributed by atoms with Crippen molar-refractivity contribution in [1.29, 1.82) is 5.26 Å². The largest absolute Gasteiger partial charge is 0.497 e. The molecule has 2 atom stereocenters. The van der Waals surface area contributed by atoms with Crippen molar-refractivity contribution in [1.82, 2.24) is 14.8 Å². The molecule has 1 aromatic heterocycles. The Morgan fingerprint density at radius 2 is 1.91 bits per heavy atom. The van der Waals surface area contributed by atoms with Gasteiger partial charge in [-0.25, -0.2) is 0 Å². The molecule has 35 heavy (non-hydrogen) atoms. The van der Waals surface area contributed by atoms with Crippen molar-refractivity contribution in [2.45, 2.75) is 24.9 Å². The third kappa shape index (κ3) is 4.22. The molecule has 6 rings (SSSR count). The lowest BCUT2D eigenvalue weighted by Crippen LogP contribution is -2.48. The maximum absolute atomic E-state index is 9.69. The second-order valence-corrected chi connectivity index (χ2v) is 9.40. The van der Waals surface area contributed by atoms with E-state index in [0.29, 0.717) is 30.9 Å². The summed E-state index contributed by atoms with van der Waals surface area (Å²) in [6.45, 7) is 5.08. The predicted molar refractivity (Wildman–Crippen MR) is 133 cm³/mol. The minimum Gasteiger partial charge on any atom is -0.497 e. The highest BCUT2D eigenvalue weighted by Gasteiger charge is 2.42. The SMILES string of the molecule is COc1ccc2ncc(C#N)c(CCN3C[C@@H]4C[C@H]3CN4CNc3ccc4c(c3)OCCO4)c2c1. The van der Waals surface area contributed by atoms with Crippen LogP contribution in [-0.2, 0) is 6.42 Å². The maximum atomic E-state index is 9.69. The number of nitriles is 1. The van der Waals surface area contributed by atoms with Crippen LogP contribution in [0.2, 0.25) is 0 Å². The van der Waals surface area contributed by atoms with E-state index in [9.17, 15) is 5.26 Å². The lowest BCUT2D eigenvalue weighted by molar-refractivity contribution is 0.136. The van der Waals surface area contributed by atoms with E-state index in [1.54, 1.807) is 13.3 Å². The second kappa shape index (κ2) is 9.25. The summed E-state index contributed by atoms with van der Waals surface area (Å²) in [7, 11) is 1.66. The number of fused-ring (bicyclic) bond motifs is 4. The summed E-state index contributed by atoms with van der Waals surface area (Å²) in [4.78, 5) is 9.58. The van der Waals surface area contributed by atoms with Crippen LogP contribution in [0.25, 0.3) is 10.9 Å². The Bertz CT molecular complexity index is 1290. The Hall–Kier alpha value is -3.54. The number of benzene rings is 2. The smallest absolute Gasteiger partial charge is 0.163 e. The van der Waals surface area contributed by atoms with Crippen LogP contribution in [0.5, 0.6) is 17.2 Å². The number of pyridine rings is 1. The molecule has 2 bridgehead atoms. The summed E-state index contributed by atoms with van der Waals surface area (Å²) in [5.74, 6) is 2.42. The number of methoxy groups -OCH3 is 1. The third-order valence-electron chi connectivity index (χ3n) is 7.45. The molecule has 3 aliphatic rings. The van der Waals surface area contributed by atoms with Gasteiger partial charge in [-0.05, 0) is 48.7 Å². The predicted octanol–water partition coefficient (Wildman–Crippen LogP) is 3.26. The van der Waals surface area contributed by atoms with Crippen LogP contribution in [0.4, 0.5) is 5.69 Å². The average Bonchev–Trinajstić information content (AvgIpc) is 3.50. The Morgan fingerprint density at radius 1 is 1.09 bits per heavy atom. The molecule has 3 aromatic rings. The monoisotopic (exact) mass is 471 g/mol. The minimum absolute atomic E-state index is 0.550. The first-order valence-electron chi connectivity index (χ1n) is 12.2.